The third kappa shape index (κ3) is 8.00. The maximum Gasteiger partial charge on any atom is 0.356 e. The monoisotopic (exact) mass is 806 g/mol. The summed E-state index contributed by atoms with van der Waals surface area (Å²) in [6.45, 7) is -0.349. The summed E-state index contributed by atoms with van der Waals surface area (Å²) < 4.78 is 30.4. The van der Waals surface area contributed by atoms with Gasteiger partial charge in [-0.1, -0.05) is 96.7 Å². The Kier molecular flexibility index (Phi) is 11.8. The number of aromatic hydroxyl groups is 1. The summed E-state index contributed by atoms with van der Waals surface area (Å²) in [6.07, 6.45) is -2.21. The van der Waals surface area contributed by atoms with Gasteiger partial charge < -0.3 is 34.1 Å². The summed E-state index contributed by atoms with van der Waals surface area (Å²) in [5.41, 5.74) is 0.312. The van der Waals surface area contributed by atoms with E-state index in [0.29, 0.717) is 33.2 Å². The van der Waals surface area contributed by atoms with Crippen molar-refractivity contribution < 1.29 is 48.0 Å². The molecule has 298 valence electrons. The van der Waals surface area contributed by atoms with Crippen molar-refractivity contribution >= 4 is 35.5 Å². The Morgan fingerprint density at radius 2 is 1.59 bits per heavy atom. The summed E-state index contributed by atoms with van der Waals surface area (Å²) >= 11 is 1.22. The van der Waals surface area contributed by atoms with E-state index in [2.05, 4.69) is 20.8 Å². The number of phenols is 1. The number of nitrogens with one attached hydrogen (secondary N) is 1. The van der Waals surface area contributed by atoms with Gasteiger partial charge in [0.2, 0.25) is 11.1 Å². The molecule has 58 heavy (non-hydrogen) atoms. The number of aromatic nitrogens is 4. The number of rotatable bonds is 15. The van der Waals surface area contributed by atoms with E-state index in [4.69, 9.17) is 23.7 Å². The van der Waals surface area contributed by atoms with Crippen LogP contribution < -0.4 is 10.1 Å². The zero-order chi connectivity index (χ0) is 40.8. The Balaban J connectivity index is 1.18. The van der Waals surface area contributed by atoms with E-state index < -0.39 is 47.7 Å². The second-order valence-corrected chi connectivity index (χ2v) is 14.1. The van der Waals surface area contributed by atoms with Crippen molar-refractivity contribution in [2.45, 2.75) is 35.7 Å². The number of methoxy groups -OCH3 is 2. The molecule has 2 amide bonds. The number of carbonyl (C=O) groups is 4. The third-order valence-electron chi connectivity index (χ3n) is 9.59. The SMILES string of the molecule is COc1ccc(COC(=O)[C@H](C(=O)N[C@@]2(OC)C(=O)N3C(C(=O)OC(c4ccccc4)c4ccccc4)=C(CSc4nnnn4C)CO[C@@H]32)c2ccc(O)cc2)cc1. The van der Waals surface area contributed by atoms with Crippen LogP contribution in [0.2, 0.25) is 0 Å². The minimum Gasteiger partial charge on any atom is -0.508 e. The molecule has 2 aliphatic rings. The Morgan fingerprint density at radius 1 is 0.931 bits per heavy atom. The number of benzene rings is 4. The molecule has 3 atom stereocenters. The molecule has 0 aliphatic carbocycles. The molecule has 4 aromatic carbocycles. The first-order chi connectivity index (χ1) is 28.1. The third-order valence-corrected chi connectivity index (χ3v) is 10.7. The largest absolute Gasteiger partial charge is 0.508 e. The number of thioether (sulfide) groups is 1. The topological polar surface area (TPSA) is 194 Å². The molecule has 7 rings (SSSR count). The Hall–Kier alpha value is -6.56. The number of phenolic OH excluding ortho intramolecular Hbond substituents is 1. The quantitative estimate of drug-likeness (QED) is 0.0510. The van der Waals surface area contributed by atoms with Gasteiger partial charge >= 0.3 is 11.9 Å². The van der Waals surface area contributed by atoms with Crippen LogP contribution in [0, 0.1) is 0 Å². The number of aryl methyl sites for hydroxylation is 1. The lowest BCUT2D eigenvalue weighted by molar-refractivity contribution is -0.258. The first kappa shape index (κ1) is 39.7. The number of fused-ring (bicyclic) bond motifs is 1. The van der Waals surface area contributed by atoms with E-state index in [-0.39, 0.29) is 36.0 Å². The fourth-order valence-corrected chi connectivity index (χ4v) is 7.40. The van der Waals surface area contributed by atoms with Crippen LogP contribution in [-0.2, 0) is 51.8 Å². The van der Waals surface area contributed by atoms with Gasteiger partial charge in [0.1, 0.15) is 23.8 Å². The molecule has 5 aromatic rings. The normalized spacial score (nSPS) is 17.9. The standard InChI is InChI=1S/C41H38N6O10S/c1-46-40(43-44-45-46)58-24-29-23-56-39-41(54-3,38(52)47(39)33(29)37(51)57-34(27-10-6-4-7-11-27)28-12-8-5-9-13-28)42-35(49)32(26-16-18-30(48)19-17-26)36(50)55-22-25-14-20-31(53-2)21-15-25/h4-21,32,34,39,48H,22-24H2,1-3H3,(H,42,49)/t32-,39+,41+/m0/s1. The van der Waals surface area contributed by atoms with E-state index in [1.807, 2.05) is 60.7 Å². The van der Waals surface area contributed by atoms with Crippen molar-refractivity contribution in [3.05, 3.63) is 143 Å². The molecular formula is C41H38N6O10S. The molecule has 17 heteroatoms. The van der Waals surface area contributed by atoms with Gasteiger partial charge in [-0.05, 0) is 62.5 Å². The van der Waals surface area contributed by atoms with Crippen LogP contribution in [0.3, 0.4) is 0 Å². The lowest BCUT2D eigenvalue weighted by Crippen LogP contribution is -2.83. The van der Waals surface area contributed by atoms with Gasteiger partial charge in [-0.3, -0.25) is 19.3 Å². The van der Waals surface area contributed by atoms with Crippen molar-refractivity contribution in [1.82, 2.24) is 30.4 Å². The molecule has 0 radical (unpaired) electrons. The molecule has 1 fully saturated rings. The smallest absolute Gasteiger partial charge is 0.356 e. The fourth-order valence-electron chi connectivity index (χ4n) is 6.56. The highest BCUT2D eigenvalue weighted by Gasteiger charge is 2.68. The molecule has 1 saturated heterocycles. The summed E-state index contributed by atoms with van der Waals surface area (Å²) in [5.74, 6) is -4.54. The second kappa shape index (κ2) is 17.3. The highest BCUT2D eigenvalue weighted by Crippen LogP contribution is 2.43. The number of nitrogens with zero attached hydrogens (tertiary/aromatic N) is 5. The Bertz CT molecular complexity index is 2270. The maximum absolute atomic E-state index is 14.5. The van der Waals surface area contributed by atoms with Crippen molar-refractivity contribution in [2.75, 3.05) is 26.6 Å². The molecule has 0 bridgehead atoms. The summed E-state index contributed by atoms with van der Waals surface area (Å²) in [4.78, 5) is 58.0. The average Bonchev–Trinajstić information content (AvgIpc) is 3.68. The van der Waals surface area contributed by atoms with E-state index in [0.717, 1.165) is 4.90 Å². The van der Waals surface area contributed by atoms with Gasteiger partial charge in [0.15, 0.2) is 18.2 Å². The minimum absolute atomic E-state index is 0.0966. The molecule has 16 nitrogen and oxygen atoms in total. The first-order valence-electron chi connectivity index (χ1n) is 17.9. The maximum atomic E-state index is 14.5. The Morgan fingerprint density at radius 3 is 2.17 bits per heavy atom. The summed E-state index contributed by atoms with van der Waals surface area (Å²) in [6, 6.07) is 30.6. The lowest BCUT2D eigenvalue weighted by atomic mass is 9.92. The molecule has 2 N–H and O–H groups in total. The van der Waals surface area contributed by atoms with Gasteiger partial charge in [-0.2, -0.15) is 0 Å². The van der Waals surface area contributed by atoms with Crippen LogP contribution in [0.4, 0.5) is 0 Å². The first-order valence-corrected chi connectivity index (χ1v) is 18.9. The van der Waals surface area contributed by atoms with Crippen LogP contribution in [-0.4, -0.2) is 92.5 Å². The molecule has 1 aromatic heterocycles. The van der Waals surface area contributed by atoms with E-state index in [9.17, 15) is 24.3 Å². The summed E-state index contributed by atoms with van der Waals surface area (Å²) in [7, 11) is 4.39. The van der Waals surface area contributed by atoms with Crippen LogP contribution in [0.5, 0.6) is 11.5 Å². The number of hydrogen-bond donors (Lipinski definition) is 2. The van der Waals surface area contributed by atoms with Crippen LogP contribution in [0.1, 0.15) is 34.3 Å². The zero-order valence-corrected chi connectivity index (χ0v) is 32.3. The average molecular weight is 807 g/mol. The number of esters is 2. The van der Waals surface area contributed by atoms with Crippen LogP contribution in [0.15, 0.2) is 126 Å². The number of amides is 2. The molecule has 0 unspecified atom stereocenters. The van der Waals surface area contributed by atoms with Gasteiger partial charge in [-0.25, -0.2) is 9.48 Å². The predicted octanol–water partition coefficient (Wildman–Crippen LogP) is 3.79. The molecule has 0 saturated carbocycles. The fraction of sp³-hybridized carbons (Fsp3) is 0.244. The van der Waals surface area contributed by atoms with E-state index >= 15 is 0 Å². The number of carbonyl (C=O) groups excluding carboxylic acids is 4. The van der Waals surface area contributed by atoms with Crippen molar-refractivity contribution in [3.8, 4) is 11.5 Å². The van der Waals surface area contributed by atoms with Gasteiger partial charge in [0.25, 0.3) is 11.6 Å². The lowest BCUT2D eigenvalue weighted by Gasteiger charge is -2.55. The van der Waals surface area contributed by atoms with Crippen LogP contribution >= 0.6 is 11.8 Å². The number of β-lactam (4-membered cyclic amide) rings is 1. The molecule has 3 heterocycles. The van der Waals surface area contributed by atoms with E-state index in [1.165, 1.54) is 54.9 Å². The number of tetrazole rings is 1. The predicted molar refractivity (Wildman–Crippen MR) is 205 cm³/mol. The van der Waals surface area contributed by atoms with Gasteiger partial charge in [0.05, 0.1) is 13.7 Å². The molecule has 2 aliphatic heterocycles. The highest BCUT2D eigenvalue weighted by atomic mass is 32.2. The van der Waals surface area contributed by atoms with E-state index in [1.54, 1.807) is 31.3 Å². The Labute approximate surface area is 336 Å². The van der Waals surface area contributed by atoms with Crippen molar-refractivity contribution in [2.24, 2.45) is 7.05 Å². The highest BCUT2D eigenvalue weighted by molar-refractivity contribution is 7.99. The second-order valence-electron chi connectivity index (χ2n) is 13.2. The molecular weight excluding hydrogens is 769 g/mol. The van der Waals surface area contributed by atoms with Gasteiger partial charge in [-0.15, -0.1) is 5.10 Å². The zero-order valence-electron chi connectivity index (χ0n) is 31.5. The number of ether oxygens (including phenoxy) is 5. The molecule has 0 spiro atoms. The summed E-state index contributed by atoms with van der Waals surface area (Å²) in [5, 5.41) is 24.5. The van der Waals surface area contributed by atoms with Gasteiger partial charge in [0, 0.05) is 19.9 Å². The van der Waals surface area contributed by atoms with Crippen molar-refractivity contribution in [3.63, 3.8) is 0 Å². The van der Waals surface area contributed by atoms with Crippen molar-refractivity contribution in [1.29, 1.82) is 0 Å². The minimum atomic E-state index is -2.17. The number of hydrogen-bond acceptors (Lipinski definition) is 14. The van der Waals surface area contributed by atoms with Crippen LogP contribution in [0.25, 0.3) is 0 Å².